The summed E-state index contributed by atoms with van der Waals surface area (Å²) in [6.45, 7) is -0.984. The lowest BCUT2D eigenvalue weighted by molar-refractivity contribution is -0.0528. The van der Waals surface area contributed by atoms with Crippen LogP contribution in [0.1, 0.15) is 11.1 Å². The van der Waals surface area contributed by atoms with Gasteiger partial charge in [0.15, 0.2) is 5.75 Å². The van der Waals surface area contributed by atoms with Crippen molar-refractivity contribution in [1.82, 2.24) is 15.0 Å². The molecule has 5 aromatic rings. The molecule has 0 N–H and O–H groups in total. The lowest BCUT2D eigenvalue weighted by Crippen LogP contribution is -2.33. The van der Waals surface area contributed by atoms with E-state index in [9.17, 15) is 13.6 Å². The Balaban J connectivity index is 1.53. The summed E-state index contributed by atoms with van der Waals surface area (Å²) in [7, 11) is 0. The van der Waals surface area contributed by atoms with E-state index in [-0.39, 0.29) is 29.2 Å². The van der Waals surface area contributed by atoms with Gasteiger partial charge in [0.2, 0.25) is 5.88 Å². The number of rotatable bonds is 6. The third kappa shape index (κ3) is 4.87. The monoisotopic (exact) mass is 492 g/mol. The van der Waals surface area contributed by atoms with Crippen molar-refractivity contribution in [1.29, 1.82) is 0 Å². The Bertz CT molecular complexity index is 1510. The second-order valence-corrected chi connectivity index (χ2v) is 8.49. The topological polar surface area (TPSA) is 77.4 Å². The number of carbonyl (C=O) groups is 1. The molecule has 0 saturated carbocycles. The number of fused-ring (bicyclic) bond motifs is 2. The number of nitrogens with zero attached hydrogens (tertiary/aromatic N) is 4. The third-order valence-corrected chi connectivity index (χ3v) is 6.04. The maximum absolute atomic E-state index is 13.6. The minimum Gasteiger partial charge on any atom is -0.415 e. The zero-order valence-corrected chi connectivity index (χ0v) is 19.2. The van der Waals surface area contributed by atoms with Gasteiger partial charge in [0.05, 0.1) is 39.7 Å². The highest BCUT2D eigenvalue weighted by Gasteiger charge is 2.23. The molecule has 2 aromatic heterocycles. The van der Waals surface area contributed by atoms with Crippen LogP contribution in [0.4, 0.5) is 19.3 Å². The van der Waals surface area contributed by atoms with Gasteiger partial charge in [0.1, 0.15) is 5.52 Å². The number of benzene rings is 3. The van der Waals surface area contributed by atoms with Crippen LogP contribution in [0.2, 0.25) is 0 Å². The molecule has 0 fully saturated rings. The molecule has 0 aliphatic rings. The maximum Gasteiger partial charge on any atom is 0.420 e. The van der Waals surface area contributed by atoms with Crippen LogP contribution in [0.15, 0.2) is 72.4 Å². The van der Waals surface area contributed by atoms with E-state index in [0.29, 0.717) is 11.3 Å². The van der Waals surface area contributed by atoms with E-state index in [2.05, 4.69) is 19.7 Å². The first kappa shape index (κ1) is 22.6. The lowest BCUT2D eigenvalue weighted by atomic mass is 10.2. The van der Waals surface area contributed by atoms with Crippen molar-refractivity contribution in [2.75, 3.05) is 4.90 Å². The van der Waals surface area contributed by atoms with Gasteiger partial charge in [-0.2, -0.15) is 8.78 Å². The lowest BCUT2D eigenvalue weighted by Gasteiger charge is -2.23. The second-order valence-electron chi connectivity index (χ2n) is 7.63. The van der Waals surface area contributed by atoms with E-state index in [1.54, 1.807) is 24.6 Å². The number of alkyl halides is 2. The van der Waals surface area contributed by atoms with Gasteiger partial charge < -0.3 is 9.47 Å². The minimum atomic E-state index is -3.02. The molecule has 0 aliphatic carbocycles. The molecule has 3 aromatic carbocycles. The zero-order chi connectivity index (χ0) is 24.4. The summed E-state index contributed by atoms with van der Waals surface area (Å²) in [6.07, 6.45) is 0.442. The fourth-order valence-corrected chi connectivity index (χ4v) is 4.49. The summed E-state index contributed by atoms with van der Waals surface area (Å²) in [4.78, 5) is 27.7. The smallest absolute Gasteiger partial charge is 0.415 e. The molecule has 5 rings (SSSR count). The standard InChI is InChI=1S/C25H18F2N4O3S/c1-15-10-18-22(28-12-21(30-18)34-24(26)27)20(11-15)33-25(32)31(13-16-6-3-2-4-7-16)19-9-5-8-17-23(19)35-14-29-17/h2-12,14,24H,13H2,1H3. The van der Waals surface area contributed by atoms with Crippen LogP contribution in [0.25, 0.3) is 21.3 Å². The highest BCUT2D eigenvalue weighted by molar-refractivity contribution is 7.17. The van der Waals surface area contributed by atoms with Gasteiger partial charge in [-0.05, 0) is 42.3 Å². The molecule has 176 valence electrons. The van der Waals surface area contributed by atoms with Crippen LogP contribution in [0.3, 0.4) is 0 Å². The zero-order valence-electron chi connectivity index (χ0n) is 18.4. The number of halogens is 2. The predicted octanol–water partition coefficient (Wildman–Crippen LogP) is 6.35. The number of amides is 1. The predicted molar refractivity (Wildman–Crippen MR) is 129 cm³/mol. The highest BCUT2D eigenvalue weighted by atomic mass is 32.1. The van der Waals surface area contributed by atoms with Crippen molar-refractivity contribution < 1.29 is 23.0 Å². The van der Waals surface area contributed by atoms with Gasteiger partial charge in [0, 0.05) is 0 Å². The normalized spacial score (nSPS) is 11.2. The first-order chi connectivity index (χ1) is 17.0. The first-order valence-corrected chi connectivity index (χ1v) is 11.4. The van der Waals surface area contributed by atoms with Crippen LogP contribution < -0.4 is 14.4 Å². The Morgan fingerprint density at radius 1 is 1.06 bits per heavy atom. The van der Waals surface area contributed by atoms with E-state index in [1.807, 2.05) is 48.5 Å². The third-order valence-electron chi connectivity index (χ3n) is 5.17. The number of anilines is 1. The maximum atomic E-state index is 13.6. The van der Waals surface area contributed by atoms with E-state index < -0.39 is 12.7 Å². The number of carbonyl (C=O) groups excluding carboxylic acids is 1. The van der Waals surface area contributed by atoms with Gasteiger partial charge in [0.25, 0.3) is 0 Å². The number of hydrogen-bond acceptors (Lipinski definition) is 7. The molecule has 0 unspecified atom stereocenters. The largest absolute Gasteiger partial charge is 0.420 e. The number of thiazole rings is 1. The number of hydrogen-bond donors (Lipinski definition) is 0. The van der Waals surface area contributed by atoms with E-state index in [1.165, 1.54) is 16.2 Å². The average molecular weight is 493 g/mol. The molecular weight excluding hydrogens is 474 g/mol. The molecule has 0 atom stereocenters. The Morgan fingerprint density at radius 3 is 2.69 bits per heavy atom. The molecular formula is C25H18F2N4O3S. The molecule has 10 heteroatoms. The fraction of sp³-hybridized carbons (Fsp3) is 0.120. The number of aromatic nitrogens is 3. The van der Waals surface area contributed by atoms with E-state index in [0.717, 1.165) is 22.0 Å². The molecule has 2 heterocycles. The van der Waals surface area contributed by atoms with Crippen LogP contribution in [-0.4, -0.2) is 27.7 Å². The summed E-state index contributed by atoms with van der Waals surface area (Å²) < 4.78 is 36.2. The van der Waals surface area contributed by atoms with Gasteiger partial charge in [-0.15, -0.1) is 11.3 Å². The number of aryl methyl sites for hydroxylation is 1. The summed E-state index contributed by atoms with van der Waals surface area (Å²) in [6, 6.07) is 18.4. The van der Waals surface area contributed by atoms with E-state index >= 15 is 0 Å². The van der Waals surface area contributed by atoms with Crippen molar-refractivity contribution >= 4 is 44.4 Å². The fourth-order valence-electron chi connectivity index (χ4n) is 3.68. The highest BCUT2D eigenvalue weighted by Crippen LogP contribution is 2.33. The van der Waals surface area contributed by atoms with Gasteiger partial charge in [-0.3, -0.25) is 4.90 Å². The molecule has 0 saturated heterocycles. The van der Waals surface area contributed by atoms with Crippen molar-refractivity contribution in [2.45, 2.75) is 20.1 Å². The Labute approximate surface area is 202 Å². The SMILES string of the molecule is Cc1cc(OC(=O)N(Cc2ccccc2)c2cccc3ncsc23)c2ncc(OC(F)F)nc2c1. The van der Waals surface area contributed by atoms with Gasteiger partial charge in [-0.1, -0.05) is 36.4 Å². The van der Waals surface area contributed by atoms with Crippen LogP contribution >= 0.6 is 11.3 Å². The van der Waals surface area contributed by atoms with Gasteiger partial charge >= 0.3 is 12.7 Å². The van der Waals surface area contributed by atoms with Crippen molar-refractivity contribution in [3.63, 3.8) is 0 Å². The quantitative estimate of drug-likeness (QED) is 0.275. The van der Waals surface area contributed by atoms with Crippen molar-refractivity contribution in [3.05, 3.63) is 83.5 Å². The Hall–Kier alpha value is -4.18. The molecule has 7 nitrogen and oxygen atoms in total. The molecule has 1 amide bonds. The first-order valence-electron chi connectivity index (χ1n) is 10.6. The Kier molecular flexibility index (Phi) is 6.19. The molecule has 0 bridgehead atoms. The number of ether oxygens (including phenoxy) is 2. The summed E-state index contributed by atoms with van der Waals surface area (Å²) in [5.41, 5.74) is 5.30. The Morgan fingerprint density at radius 2 is 1.89 bits per heavy atom. The summed E-state index contributed by atoms with van der Waals surface area (Å²) in [5, 5.41) is 0. The van der Waals surface area contributed by atoms with Crippen molar-refractivity contribution in [2.24, 2.45) is 0 Å². The van der Waals surface area contributed by atoms with Crippen LogP contribution in [0, 0.1) is 6.92 Å². The molecule has 0 spiro atoms. The average Bonchev–Trinajstić information content (AvgIpc) is 3.32. The van der Waals surface area contributed by atoms with Crippen LogP contribution in [0.5, 0.6) is 11.6 Å². The molecule has 0 aliphatic heterocycles. The van der Waals surface area contributed by atoms with Crippen LogP contribution in [-0.2, 0) is 6.54 Å². The van der Waals surface area contributed by atoms with Gasteiger partial charge in [-0.25, -0.2) is 19.7 Å². The second kappa shape index (κ2) is 9.59. The van der Waals surface area contributed by atoms with E-state index in [4.69, 9.17) is 4.74 Å². The molecule has 35 heavy (non-hydrogen) atoms. The summed E-state index contributed by atoms with van der Waals surface area (Å²) in [5.74, 6) is -0.159. The summed E-state index contributed by atoms with van der Waals surface area (Å²) >= 11 is 1.43. The molecule has 0 radical (unpaired) electrons. The minimum absolute atomic E-state index is 0.163. The van der Waals surface area contributed by atoms with Crippen molar-refractivity contribution in [3.8, 4) is 11.6 Å².